The Kier molecular flexibility index (Phi) is 8.12. The number of ether oxygens (including phenoxy) is 2. The van der Waals surface area contributed by atoms with Gasteiger partial charge in [-0.1, -0.05) is 13.3 Å². The van der Waals surface area contributed by atoms with Crippen molar-refractivity contribution >= 4 is 11.9 Å². The molecule has 0 atom stereocenters. The lowest BCUT2D eigenvalue weighted by atomic mass is 10.0. The van der Waals surface area contributed by atoms with E-state index in [9.17, 15) is 9.59 Å². The number of carbonyl (C=O) groups excluding carboxylic acids is 2. The number of hydrogen-bond acceptors (Lipinski definition) is 4. The van der Waals surface area contributed by atoms with E-state index in [-0.39, 0.29) is 12.2 Å². The van der Waals surface area contributed by atoms with E-state index in [2.05, 4.69) is 0 Å². The summed E-state index contributed by atoms with van der Waals surface area (Å²) in [6.45, 7) is 10.8. The van der Waals surface area contributed by atoms with Crippen LogP contribution in [0.15, 0.2) is 11.1 Å². The Balaban J connectivity index is 5.07. The average molecular weight is 270 g/mol. The monoisotopic (exact) mass is 270 g/mol. The maximum Gasteiger partial charge on any atom is 0.334 e. The number of esters is 2. The van der Waals surface area contributed by atoms with Gasteiger partial charge < -0.3 is 9.47 Å². The van der Waals surface area contributed by atoms with Crippen molar-refractivity contribution in [3.8, 4) is 0 Å². The largest absolute Gasteiger partial charge is 0.460 e. The summed E-state index contributed by atoms with van der Waals surface area (Å²) < 4.78 is 10.3. The van der Waals surface area contributed by atoms with Gasteiger partial charge in [0.2, 0.25) is 0 Å². The summed E-state index contributed by atoms with van der Waals surface area (Å²) in [5.74, 6) is -0.858. The van der Waals surface area contributed by atoms with Gasteiger partial charge in [-0.05, 0) is 47.5 Å². The molecule has 19 heavy (non-hydrogen) atoms. The van der Waals surface area contributed by atoms with Crippen LogP contribution in [0.4, 0.5) is 0 Å². The fourth-order valence-corrected chi connectivity index (χ4v) is 1.51. The van der Waals surface area contributed by atoms with Crippen molar-refractivity contribution in [3.63, 3.8) is 0 Å². The molecule has 0 unspecified atom stereocenters. The van der Waals surface area contributed by atoms with Crippen molar-refractivity contribution in [2.24, 2.45) is 0 Å². The van der Waals surface area contributed by atoms with Crippen LogP contribution in [0.25, 0.3) is 0 Å². The van der Waals surface area contributed by atoms with E-state index in [1.165, 1.54) is 0 Å². The van der Waals surface area contributed by atoms with Gasteiger partial charge in [0, 0.05) is 11.1 Å². The van der Waals surface area contributed by atoms with E-state index < -0.39 is 11.9 Å². The minimum absolute atomic E-state index is 0.196. The second-order valence-electron chi connectivity index (χ2n) is 5.12. The van der Waals surface area contributed by atoms with Crippen LogP contribution in [0.3, 0.4) is 0 Å². The van der Waals surface area contributed by atoms with E-state index in [1.807, 2.05) is 6.92 Å². The quantitative estimate of drug-likeness (QED) is 0.525. The van der Waals surface area contributed by atoms with Crippen LogP contribution in [-0.2, 0) is 19.1 Å². The first-order valence-corrected chi connectivity index (χ1v) is 6.91. The molecule has 0 saturated carbocycles. The third-order valence-electron chi connectivity index (χ3n) is 2.47. The smallest absolute Gasteiger partial charge is 0.334 e. The molecular formula is C15H26O4. The van der Waals surface area contributed by atoms with Gasteiger partial charge >= 0.3 is 11.9 Å². The van der Waals surface area contributed by atoms with E-state index in [1.54, 1.807) is 34.6 Å². The molecular weight excluding hydrogens is 244 g/mol. The second-order valence-corrected chi connectivity index (χ2v) is 5.12. The molecule has 0 aliphatic carbocycles. The van der Waals surface area contributed by atoms with Crippen molar-refractivity contribution in [2.45, 2.75) is 73.0 Å². The SMILES string of the molecule is CCCCC(C(=O)OC(C)C)=C(C)C(=O)OC(C)C. The van der Waals surface area contributed by atoms with Crippen LogP contribution in [-0.4, -0.2) is 24.1 Å². The van der Waals surface area contributed by atoms with Crippen LogP contribution >= 0.6 is 0 Å². The predicted molar refractivity (Wildman–Crippen MR) is 74.7 cm³/mol. The summed E-state index contributed by atoms with van der Waals surface area (Å²) in [6, 6.07) is 0. The van der Waals surface area contributed by atoms with E-state index in [4.69, 9.17) is 9.47 Å². The highest BCUT2D eigenvalue weighted by molar-refractivity contribution is 6.00. The highest BCUT2D eigenvalue weighted by Crippen LogP contribution is 2.17. The summed E-state index contributed by atoms with van der Waals surface area (Å²) in [6.07, 6.45) is 1.94. The molecule has 0 fully saturated rings. The van der Waals surface area contributed by atoms with Gasteiger partial charge in [0.25, 0.3) is 0 Å². The first-order valence-electron chi connectivity index (χ1n) is 6.91. The number of rotatable bonds is 7. The normalized spacial score (nSPS) is 12.4. The van der Waals surface area contributed by atoms with Crippen molar-refractivity contribution in [2.75, 3.05) is 0 Å². The standard InChI is InChI=1S/C15H26O4/c1-7-8-9-13(15(17)19-11(4)5)12(6)14(16)18-10(2)3/h10-11H,7-9H2,1-6H3. The Labute approximate surface area is 116 Å². The van der Waals surface area contributed by atoms with Crippen LogP contribution < -0.4 is 0 Å². The molecule has 110 valence electrons. The third-order valence-corrected chi connectivity index (χ3v) is 2.47. The third kappa shape index (κ3) is 6.99. The molecule has 0 aromatic carbocycles. The summed E-state index contributed by atoms with van der Waals surface area (Å²) in [7, 11) is 0. The number of carbonyl (C=O) groups is 2. The van der Waals surface area contributed by atoms with Crippen molar-refractivity contribution < 1.29 is 19.1 Å². The number of unbranched alkanes of at least 4 members (excludes halogenated alkanes) is 1. The molecule has 0 bridgehead atoms. The fourth-order valence-electron chi connectivity index (χ4n) is 1.51. The molecule has 0 aromatic rings. The fraction of sp³-hybridized carbons (Fsp3) is 0.733. The molecule has 0 radical (unpaired) electrons. The van der Waals surface area contributed by atoms with Crippen LogP contribution in [0, 0.1) is 0 Å². The molecule has 4 heteroatoms. The lowest BCUT2D eigenvalue weighted by Gasteiger charge is -2.14. The topological polar surface area (TPSA) is 52.6 Å². The molecule has 0 N–H and O–H groups in total. The zero-order chi connectivity index (χ0) is 15.0. The zero-order valence-corrected chi connectivity index (χ0v) is 12.9. The first kappa shape index (κ1) is 17.7. The Bertz CT molecular complexity index is 340. The molecule has 0 saturated heterocycles. The van der Waals surface area contributed by atoms with Crippen LogP contribution in [0.1, 0.15) is 60.8 Å². The highest BCUT2D eigenvalue weighted by Gasteiger charge is 2.20. The van der Waals surface area contributed by atoms with Crippen molar-refractivity contribution in [1.82, 2.24) is 0 Å². The molecule has 0 spiro atoms. The van der Waals surface area contributed by atoms with E-state index in [0.717, 1.165) is 12.8 Å². The van der Waals surface area contributed by atoms with Gasteiger partial charge in [-0.3, -0.25) is 0 Å². The van der Waals surface area contributed by atoms with E-state index in [0.29, 0.717) is 17.6 Å². The lowest BCUT2D eigenvalue weighted by Crippen LogP contribution is -2.19. The van der Waals surface area contributed by atoms with Gasteiger partial charge in [0.05, 0.1) is 12.2 Å². The Hall–Kier alpha value is -1.32. The van der Waals surface area contributed by atoms with Gasteiger partial charge in [0.1, 0.15) is 0 Å². The van der Waals surface area contributed by atoms with Crippen molar-refractivity contribution in [3.05, 3.63) is 11.1 Å². The summed E-state index contributed by atoms with van der Waals surface area (Å²) in [5.41, 5.74) is 0.786. The van der Waals surface area contributed by atoms with Gasteiger partial charge in [-0.2, -0.15) is 0 Å². The minimum atomic E-state index is -0.443. The van der Waals surface area contributed by atoms with Crippen LogP contribution in [0.2, 0.25) is 0 Å². The maximum absolute atomic E-state index is 12.0. The average Bonchev–Trinajstić information content (AvgIpc) is 2.27. The molecule has 0 aliphatic heterocycles. The summed E-state index contributed by atoms with van der Waals surface area (Å²) in [5, 5.41) is 0. The minimum Gasteiger partial charge on any atom is -0.460 e. The summed E-state index contributed by atoms with van der Waals surface area (Å²) in [4.78, 5) is 23.9. The highest BCUT2D eigenvalue weighted by atomic mass is 16.5. The Morgan fingerprint density at radius 1 is 0.947 bits per heavy atom. The molecule has 4 nitrogen and oxygen atoms in total. The predicted octanol–water partition coefficient (Wildman–Crippen LogP) is 3.40. The van der Waals surface area contributed by atoms with Gasteiger partial charge in [-0.25, -0.2) is 9.59 Å². The Morgan fingerprint density at radius 2 is 1.42 bits per heavy atom. The Morgan fingerprint density at radius 3 is 1.84 bits per heavy atom. The molecule has 0 aliphatic rings. The molecule has 0 amide bonds. The maximum atomic E-state index is 12.0. The van der Waals surface area contributed by atoms with E-state index >= 15 is 0 Å². The molecule has 0 heterocycles. The molecule has 0 aromatic heterocycles. The zero-order valence-electron chi connectivity index (χ0n) is 12.9. The van der Waals surface area contributed by atoms with Gasteiger partial charge in [0.15, 0.2) is 0 Å². The van der Waals surface area contributed by atoms with Crippen molar-refractivity contribution in [1.29, 1.82) is 0 Å². The molecule has 0 rings (SSSR count). The van der Waals surface area contributed by atoms with Crippen LogP contribution in [0.5, 0.6) is 0 Å². The lowest BCUT2D eigenvalue weighted by molar-refractivity contribution is -0.146. The second kappa shape index (κ2) is 8.73. The van der Waals surface area contributed by atoms with Gasteiger partial charge in [-0.15, -0.1) is 0 Å². The number of hydrogen-bond donors (Lipinski definition) is 0. The summed E-state index contributed by atoms with van der Waals surface area (Å²) >= 11 is 0. The first-order chi connectivity index (χ1) is 8.79.